The lowest BCUT2D eigenvalue weighted by Crippen LogP contribution is -2.37. The Morgan fingerprint density at radius 1 is 1.25 bits per heavy atom. The minimum atomic E-state index is 0.711. The van der Waals surface area contributed by atoms with Gasteiger partial charge in [0.2, 0.25) is 0 Å². The Hall–Kier alpha value is -1.01. The van der Waals surface area contributed by atoms with E-state index in [1.807, 2.05) is 13.3 Å². The molecule has 2 fully saturated rings. The van der Waals surface area contributed by atoms with Crippen LogP contribution < -0.4 is 10.2 Å². The molecule has 0 spiro atoms. The second kappa shape index (κ2) is 6.18. The first kappa shape index (κ1) is 13.9. The average Bonchev–Trinajstić information content (AvgIpc) is 2.83. The van der Waals surface area contributed by atoms with Crippen LogP contribution in [0.2, 0.25) is 0 Å². The zero-order chi connectivity index (χ0) is 13.9. The summed E-state index contributed by atoms with van der Waals surface area (Å²) in [5, 5.41) is 3.99. The summed E-state index contributed by atoms with van der Waals surface area (Å²) in [6, 6.07) is 2.79. The van der Waals surface area contributed by atoms with E-state index >= 15 is 0 Å². The maximum absolute atomic E-state index is 4.70. The van der Waals surface area contributed by atoms with Crippen molar-refractivity contribution in [2.24, 2.45) is 0 Å². The van der Waals surface area contributed by atoms with Crippen molar-refractivity contribution in [1.29, 1.82) is 0 Å². The third-order valence-corrected chi connectivity index (χ3v) is 4.81. The number of aromatic nitrogens is 2. The van der Waals surface area contributed by atoms with Crippen LogP contribution in [0.4, 0.5) is 11.6 Å². The zero-order valence-electron chi connectivity index (χ0n) is 12.3. The second-order valence-corrected chi connectivity index (χ2v) is 6.25. The van der Waals surface area contributed by atoms with Crippen molar-refractivity contribution in [1.82, 2.24) is 14.9 Å². The van der Waals surface area contributed by atoms with Crippen LogP contribution in [0.15, 0.2) is 11.2 Å². The Morgan fingerprint density at radius 2 is 2.10 bits per heavy atom. The minimum Gasteiger partial charge on any atom is -0.373 e. The molecule has 0 radical (unpaired) electrons. The summed E-state index contributed by atoms with van der Waals surface area (Å²) in [6.07, 6.45) is 5.93. The average molecular weight is 293 g/mol. The van der Waals surface area contributed by atoms with E-state index in [1.54, 1.807) is 11.8 Å². The van der Waals surface area contributed by atoms with Gasteiger partial charge in [-0.25, -0.2) is 9.97 Å². The van der Waals surface area contributed by atoms with Gasteiger partial charge in [0, 0.05) is 38.8 Å². The van der Waals surface area contributed by atoms with Gasteiger partial charge in [0.1, 0.15) is 11.6 Å². The fourth-order valence-corrected chi connectivity index (χ4v) is 3.58. The van der Waals surface area contributed by atoms with Gasteiger partial charge >= 0.3 is 0 Å². The lowest BCUT2D eigenvalue weighted by atomic mass is 10.2. The van der Waals surface area contributed by atoms with E-state index in [2.05, 4.69) is 26.2 Å². The lowest BCUT2D eigenvalue weighted by Gasteiger charge is -2.26. The topological polar surface area (TPSA) is 44.3 Å². The van der Waals surface area contributed by atoms with E-state index < -0.39 is 0 Å². The molecule has 110 valence electrons. The molecule has 0 saturated carbocycles. The minimum absolute atomic E-state index is 0.711. The second-order valence-electron chi connectivity index (χ2n) is 5.48. The molecule has 5 nitrogen and oxygen atoms in total. The smallest absolute Gasteiger partial charge is 0.191 e. The molecule has 1 N–H and O–H groups in total. The highest BCUT2D eigenvalue weighted by Gasteiger charge is 2.29. The Labute approximate surface area is 125 Å². The standard InChI is InChI=1S/C14H23N5S/c1-15-12-9-13(17-14(16-12)20-2)19-8-4-7-18-6-3-5-11(18)10-19/h9,11H,3-8,10H2,1-2H3,(H,15,16,17). The van der Waals surface area contributed by atoms with Crippen LogP contribution in [0.1, 0.15) is 19.3 Å². The van der Waals surface area contributed by atoms with Crippen molar-refractivity contribution in [3.63, 3.8) is 0 Å². The van der Waals surface area contributed by atoms with Gasteiger partial charge in [0.15, 0.2) is 5.16 Å². The first-order valence-corrected chi connectivity index (χ1v) is 8.62. The van der Waals surface area contributed by atoms with E-state index in [0.29, 0.717) is 6.04 Å². The van der Waals surface area contributed by atoms with Crippen LogP contribution in [0, 0.1) is 0 Å². The molecule has 0 amide bonds. The van der Waals surface area contributed by atoms with Gasteiger partial charge in [0.05, 0.1) is 0 Å². The summed E-state index contributed by atoms with van der Waals surface area (Å²) in [5.41, 5.74) is 0. The van der Waals surface area contributed by atoms with Gasteiger partial charge in [0.25, 0.3) is 0 Å². The van der Waals surface area contributed by atoms with Crippen molar-refractivity contribution >= 4 is 23.4 Å². The highest BCUT2D eigenvalue weighted by atomic mass is 32.2. The lowest BCUT2D eigenvalue weighted by molar-refractivity contribution is 0.273. The van der Waals surface area contributed by atoms with Gasteiger partial charge in [-0.2, -0.15) is 0 Å². The molecular weight excluding hydrogens is 270 g/mol. The molecule has 1 unspecified atom stereocenters. The van der Waals surface area contributed by atoms with Crippen LogP contribution in [0.3, 0.4) is 0 Å². The molecule has 2 aliphatic heterocycles. The summed E-state index contributed by atoms with van der Waals surface area (Å²) >= 11 is 1.60. The number of thioether (sulfide) groups is 1. The summed E-state index contributed by atoms with van der Waals surface area (Å²) < 4.78 is 0. The third kappa shape index (κ3) is 2.86. The number of hydrogen-bond donors (Lipinski definition) is 1. The predicted molar refractivity (Wildman–Crippen MR) is 84.8 cm³/mol. The van der Waals surface area contributed by atoms with Crippen molar-refractivity contribution in [3.05, 3.63) is 6.07 Å². The fourth-order valence-electron chi connectivity index (χ4n) is 3.21. The molecule has 1 aromatic heterocycles. The van der Waals surface area contributed by atoms with Crippen LogP contribution in [-0.4, -0.2) is 60.4 Å². The molecule has 2 saturated heterocycles. The molecule has 3 rings (SSSR count). The van der Waals surface area contributed by atoms with Crippen molar-refractivity contribution in [2.45, 2.75) is 30.5 Å². The van der Waals surface area contributed by atoms with E-state index in [1.165, 1.54) is 32.4 Å². The van der Waals surface area contributed by atoms with Gasteiger partial charge in [-0.1, -0.05) is 11.8 Å². The summed E-state index contributed by atoms with van der Waals surface area (Å²) in [7, 11) is 1.91. The summed E-state index contributed by atoms with van der Waals surface area (Å²) in [6.45, 7) is 4.72. The van der Waals surface area contributed by atoms with Crippen LogP contribution >= 0.6 is 11.8 Å². The molecule has 6 heteroatoms. The monoisotopic (exact) mass is 293 g/mol. The Morgan fingerprint density at radius 3 is 2.90 bits per heavy atom. The first-order valence-electron chi connectivity index (χ1n) is 7.40. The van der Waals surface area contributed by atoms with E-state index in [-0.39, 0.29) is 0 Å². The van der Waals surface area contributed by atoms with Gasteiger partial charge < -0.3 is 10.2 Å². The molecule has 1 aromatic rings. The summed E-state index contributed by atoms with van der Waals surface area (Å²) in [4.78, 5) is 14.2. The molecule has 0 bridgehead atoms. The quantitative estimate of drug-likeness (QED) is 0.678. The van der Waals surface area contributed by atoms with Crippen LogP contribution in [-0.2, 0) is 0 Å². The predicted octanol–water partition coefficient (Wildman–Crippen LogP) is 1.91. The van der Waals surface area contributed by atoms with Crippen molar-refractivity contribution in [2.75, 3.05) is 49.7 Å². The Kier molecular flexibility index (Phi) is 4.31. The van der Waals surface area contributed by atoms with E-state index in [4.69, 9.17) is 4.98 Å². The maximum atomic E-state index is 4.70. The van der Waals surface area contributed by atoms with Gasteiger partial charge in [-0.3, -0.25) is 4.90 Å². The van der Waals surface area contributed by atoms with Crippen molar-refractivity contribution in [3.8, 4) is 0 Å². The number of fused-ring (bicyclic) bond motifs is 1. The molecule has 2 aliphatic rings. The highest BCUT2D eigenvalue weighted by molar-refractivity contribution is 7.98. The maximum Gasteiger partial charge on any atom is 0.191 e. The van der Waals surface area contributed by atoms with Crippen molar-refractivity contribution < 1.29 is 0 Å². The zero-order valence-corrected chi connectivity index (χ0v) is 13.1. The first-order chi connectivity index (χ1) is 9.80. The largest absolute Gasteiger partial charge is 0.373 e. The van der Waals surface area contributed by atoms with Gasteiger partial charge in [-0.15, -0.1) is 0 Å². The van der Waals surface area contributed by atoms with E-state index in [9.17, 15) is 0 Å². The summed E-state index contributed by atoms with van der Waals surface area (Å²) in [5.74, 6) is 1.98. The SMILES string of the molecule is CNc1cc(N2CCCN3CCCC3C2)nc(SC)n1. The fraction of sp³-hybridized carbons (Fsp3) is 0.714. The Balaban J connectivity index is 1.83. The third-order valence-electron chi connectivity index (χ3n) is 4.26. The van der Waals surface area contributed by atoms with Gasteiger partial charge in [-0.05, 0) is 32.1 Å². The Bertz CT molecular complexity index is 445. The number of anilines is 2. The molecule has 0 aliphatic carbocycles. The molecule has 20 heavy (non-hydrogen) atoms. The number of nitrogens with one attached hydrogen (secondary N) is 1. The van der Waals surface area contributed by atoms with E-state index in [0.717, 1.165) is 29.9 Å². The van der Waals surface area contributed by atoms with Crippen LogP contribution in [0.25, 0.3) is 0 Å². The number of nitrogens with zero attached hydrogens (tertiary/aromatic N) is 4. The molecule has 1 atom stereocenters. The molecule has 3 heterocycles. The van der Waals surface area contributed by atoms with Crippen LogP contribution in [0.5, 0.6) is 0 Å². The number of rotatable bonds is 3. The highest BCUT2D eigenvalue weighted by Crippen LogP contribution is 2.26. The molecule has 0 aromatic carbocycles. The number of hydrogen-bond acceptors (Lipinski definition) is 6. The molecular formula is C14H23N5S. The normalized spacial score (nSPS) is 23.5.